The van der Waals surface area contributed by atoms with Gasteiger partial charge in [-0.2, -0.15) is 0 Å². The fourth-order valence-corrected chi connectivity index (χ4v) is 5.55. The molecule has 1 saturated carbocycles. The lowest BCUT2D eigenvalue weighted by Crippen LogP contribution is -2.02. The number of aromatic carboxylic acids is 1. The summed E-state index contributed by atoms with van der Waals surface area (Å²) in [5.41, 5.74) is 3.73. The highest BCUT2D eigenvalue weighted by atomic mass is 35.5. The van der Waals surface area contributed by atoms with Crippen LogP contribution in [0, 0.1) is 0 Å². The molecule has 2 N–H and O–H groups in total. The molecule has 3 aromatic carbocycles. The smallest absolute Gasteiger partial charge is 0.335 e. The number of carboxylic acid groups (broad SMARTS) is 1. The van der Waals surface area contributed by atoms with Crippen molar-refractivity contribution < 1.29 is 24.3 Å². The van der Waals surface area contributed by atoms with E-state index in [1.165, 1.54) is 0 Å². The molecule has 5 rings (SSSR count). The van der Waals surface area contributed by atoms with Crippen LogP contribution in [0.1, 0.15) is 51.1 Å². The highest BCUT2D eigenvalue weighted by Gasteiger charge is 2.42. The first kappa shape index (κ1) is 25.6. The summed E-state index contributed by atoms with van der Waals surface area (Å²) in [5.74, 6) is 0.351. The van der Waals surface area contributed by atoms with E-state index in [1.807, 2.05) is 24.3 Å². The molecular weight excluding hydrogens is 537 g/mol. The average Bonchev–Trinajstić information content (AvgIpc) is 3.57. The quantitative estimate of drug-likeness (QED) is 0.223. The van der Waals surface area contributed by atoms with Gasteiger partial charge in [0, 0.05) is 17.0 Å². The topological polar surface area (TPSA) is 92.8 Å². The van der Waals surface area contributed by atoms with Gasteiger partial charge in [0.1, 0.15) is 23.8 Å². The van der Waals surface area contributed by atoms with Crippen LogP contribution in [0.5, 0.6) is 5.75 Å². The first-order valence-electron chi connectivity index (χ1n) is 11.7. The molecule has 0 aliphatic heterocycles. The number of ether oxygens (including phenoxy) is 1. The normalized spacial score (nSPS) is 16.5. The molecule has 4 aromatic rings. The number of benzene rings is 3. The minimum Gasteiger partial charge on any atom is -0.489 e. The second-order valence-electron chi connectivity index (χ2n) is 8.82. The molecule has 1 fully saturated rings. The third-order valence-corrected chi connectivity index (χ3v) is 7.50. The van der Waals surface area contributed by atoms with Crippen LogP contribution in [0.2, 0.25) is 15.1 Å². The van der Waals surface area contributed by atoms with E-state index in [2.05, 4.69) is 5.16 Å². The van der Waals surface area contributed by atoms with Gasteiger partial charge in [-0.25, -0.2) is 4.79 Å². The third kappa shape index (κ3) is 5.20. The van der Waals surface area contributed by atoms with Crippen molar-refractivity contribution in [2.75, 3.05) is 6.61 Å². The molecule has 1 heterocycles. The fourth-order valence-electron chi connectivity index (χ4n) is 4.66. The van der Waals surface area contributed by atoms with Gasteiger partial charge in [-0.15, -0.1) is 0 Å². The average molecular weight is 559 g/mol. The summed E-state index contributed by atoms with van der Waals surface area (Å²) in [6.07, 6.45) is 1.09. The van der Waals surface area contributed by atoms with Crippen LogP contribution in [0.25, 0.3) is 11.3 Å². The van der Waals surface area contributed by atoms with Crippen molar-refractivity contribution in [3.63, 3.8) is 0 Å². The number of aromatic nitrogens is 1. The lowest BCUT2D eigenvalue weighted by molar-refractivity contribution is 0.0695. The van der Waals surface area contributed by atoms with Crippen molar-refractivity contribution in [1.82, 2.24) is 5.16 Å². The van der Waals surface area contributed by atoms with E-state index in [9.17, 15) is 15.0 Å². The Bertz CT molecular complexity index is 1450. The molecule has 0 saturated heterocycles. The molecule has 190 valence electrons. The van der Waals surface area contributed by atoms with Crippen molar-refractivity contribution in [3.8, 4) is 17.0 Å². The Morgan fingerprint density at radius 2 is 1.70 bits per heavy atom. The zero-order valence-electron chi connectivity index (χ0n) is 19.5. The molecule has 0 radical (unpaired) electrons. The van der Waals surface area contributed by atoms with Gasteiger partial charge in [0.05, 0.1) is 27.8 Å². The Kier molecular flexibility index (Phi) is 7.45. The molecule has 37 heavy (non-hydrogen) atoms. The second kappa shape index (κ2) is 10.8. The Morgan fingerprint density at radius 3 is 2.41 bits per heavy atom. The van der Waals surface area contributed by atoms with Crippen molar-refractivity contribution >= 4 is 40.8 Å². The molecule has 1 aromatic heterocycles. The van der Waals surface area contributed by atoms with Crippen LogP contribution in [0.4, 0.5) is 0 Å². The van der Waals surface area contributed by atoms with Gasteiger partial charge in [0.15, 0.2) is 0 Å². The highest BCUT2D eigenvalue weighted by molar-refractivity contribution is 6.39. The van der Waals surface area contributed by atoms with Crippen LogP contribution in [0.15, 0.2) is 65.2 Å². The molecule has 1 aliphatic carbocycles. The summed E-state index contributed by atoms with van der Waals surface area (Å²) in [6.45, 7) is -0.0184. The summed E-state index contributed by atoms with van der Waals surface area (Å²) in [6, 6.07) is 17.8. The number of hydrogen-bond donors (Lipinski definition) is 2. The number of rotatable bonds is 9. The standard InChI is InChI=1S/C28H22Cl3NO5/c29-22-6-3-7-23(30)26(22)27-21(25(10-11-33)37-32-27)14-36-15-8-9-17(24(31)12-15)20-13-19(20)16-4-1-2-5-18(16)28(34)35/h1-9,12,19-20,33H,10-11,13-14H2,(H,34,35). The molecule has 6 nitrogen and oxygen atoms in total. The first-order valence-corrected chi connectivity index (χ1v) is 12.8. The van der Waals surface area contributed by atoms with E-state index in [0.717, 1.165) is 17.5 Å². The van der Waals surface area contributed by atoms with E-state index in [-0.39, 0.29) is 31.5 Å². The van der Waals surface area contributed by atoms with Crippen LogP contribution in [-0.4, -0.2) is 27.9 Å². The van der Waals surface area contributed by atoms with Crippen molar-refractivity contribution in [2.45, 2.75) is 31.3 Å². The van der Waals surface area contributed by atoms with Crippen molar-refractivity contribution in [1.29, 1.82) is 0 Å². The van der Waals surface area contributed by atoms with Crippen molar-refractivity contribution in [2.24, 2.45) is 0 Å². The van der Waals surface area contributed by atoms with Crippen LogP contribution in [0.3, 0.4) is 0 Å². The van der Waals surface area contributed by atoms with E-state index < -0.39 is 5.97 Å². The summed E-state index contributed by atoms with van der Waals surface area (Å²) in [7, 11) is 0. The number of hydrogen-bond acceptors (Lipinski definition) is 5. The van der Waals surface area contributed by atoms with Gasteiger partial charge in [0.25, 0.3) is 0 Å². The van der Waals surface area contributed by atoms with Gasteiger partial charge in [0.2, 0.25) is 0 Å². The van der Waals surface area contributed by atoms with Gasteiger partial charge >= 0.3 is 5.97 Å². The Labute approximate surface area is 228 Å². The van der Waals surface area contributed by atoms with Gasteiger partial charge in [-0.3, -0.25) is 0 Å². The monoisotopic (exact) mass is 557 g/mol. The molecule has 0 amide bonds. The van der Waals surface area contributed by atoms with E-state index in [4.69, 9.17) is 44.1 Å². The van der Waals surface area contributed by atoms with Gasteiger partial charge in [-0.05, 0) is 59.7 Å². The lowest BCUT2D eigenvalue weighted by atomic mass is 9.99. The highest BCUT2D eigenvalue weighted by Crippen LogP contribution is 2.57. The maximum atomic E-state index is 11.6. The maximum absolute atomic E-state index is 11.6. The molecule has 0 spiro atoms. The number of aliphatic hydroxyl groups is 1. The first-order chi connectivity index (χ1) is 17.9. The number of nitrogens with zero attached hydrogens (tertiary/aromatic N) is 1. The molecule has 9 heteroatoms. The molecule has 1 aliphatic rings. The largest absolute Gasteiger partial charge is 0.489 e. The minimum absolute atomic E-state index is 0.101. The number of halogens is 3. The molecule has 2 atom stereocenters. The summed E-state index contributed by atoms with van der Waals surface area (Å²) in [4.78, 5) is 11.6. The second-order valence-corrected chi connectivity index (χ2v) is 10.0. The van der Waals surface area contributed by atoms with E-state index in [0.29, 0.717) is 49.0 Å². The lowest BCUT2D eigenvalue weighted by Gasteiger charge is -2.11. The Balaban J connectivity index is 1.35. The zero-order chi connectivity index (χ0) is 26.1. The summed E-state index contributed by atoms with van der Waals surface area (Å²) < 4.78 is 11.5. The van der Waals surface area contributed by atoms with E-state index in [1.54, 1.807) is 36.4 Å². The molecule has 2 unspecified atom stereocenters. The van der Waals surface area contributed by atoms with Crippen LogP contribution >= 0.6 is 34.8 Å². The van der Waals surface area contributed by atoms with Crippen LogP contribution in [-0.2, 0) is 13.0 Å². The SMILES string of the molecule is O=C(O)c1ccccc1C1CC1c1ccc(OCc2c(-c3c(Cl)cccc3Cl)noc2CCO)cc1Cl. The summed E-state index contributed by atoms with van der Waals surface area (Å²) in [5, 5.41) is 24.5. The van der Waals surface area contributed by atoms with Gasteiger partial charge in [-0.1, -0.05) is 70.3 Å². The van der Waals surface area contributed by atoms with E-state index >= 15 is 0 Å². The molecule has 0 bridgehead atoms. The number of aliphatic hydroxyl groups excluding tert-OH is 1. The maximum Gasteiger partial charge on any atom is 0.335 e. The predicted octanol–water partition coefficient (Wildman–Crippen LogP) is 7.38. The summed E-state index contributed by atoms with van der Waals surface area (Å²) >= 11 is 19.4. The zero-order valence-corrected chi connectivity index (χ0v) is 21.7. The minimum atomic E-state index is -0.928. The van der Waals surface area contributed by atoms with Gasteiger partial charge < -0.3 is 19.5 Å². The Hall–Kier alpha value is -3.03. The third-order valence-electron chi connectivity index (χ3n) is 6.54. The number of carboxylic acids is 1. The Morgan fingerprint density at radius 1 is 0.973 bits per heavy atom. The van der Waals surface area contributed by atoms with Crippen molar-refractivity contribution in [3.05, 3.63) is 104 Å². The molecular formula is C28H22Cl3NO5. The predicted molar refractivity (Wildman–Crippen MR) is 142 cm³/mol. The number of carbonyl (C=O) groups is 1. The fraction of sp³-hybridized carbons (Fsp3) is 0.214. The van der Waals surface area contributed by atoms with Crippen LogP contribution < -0.4 is 4.74 Å².